The quantitative estimate of drug-likeness (QED) is 0.270. The number of rotatable bonds is 6. The fourth-order valence-electron chi connectivity index (χ4n) is 1.57. The molecule has 114 valence electrons. The molecule has 0 spiro atoms. The Balaban J connectivity index is 2.29. The van der Waals surface area contributed by atoms with E-state index in [2.05, 4.69) is 15.6 Å². The van der Waals surface area contributed by atoms with Crippen molar-refractivity contribution in [3.63, 3.8) is 0 Å². The molecule has 21 heavy (non-hydrogen) atoms. The predicted molar refractivity (Wildman–Crippen MR) is 75.2 cm³/mol. The van der Waals surface area contributed by atoms with Crippen LogP contribution in [0.5, 0.6) is 0 Å². The molecule has 2 N–H and O–H groups in total. The summed E-state index contributed by atoms with van der Waals surface area (Å²) in [7, 11) is -2.66. The first-order valence-corrected chi connectivity index (χ1v) is 7.91. The zero-order valence-electron chi connectivity index (χ0n) is 11.2. The number of hydroxylamine groups is 1. The van der Waals surface area contributed by atoms with Gasteiger partial charge in [0.1, 0.15) is 5.03 Å². The van der Waals surface area contributed by atoms with Gasteiger partial charge in [0.15, 0.2) is 0 Å². The number of aryl methyl sites for hydroxylation is 1. The lowest BCUT2D eigenvalue weighted by Gasteiger charge is -2.06. The van der Waals surface area contributed by atoms with E-state index < -0.39 is 10.1 Å². The molecule has 1 aromatic heterocycles. The van der Waals surface area contributed by atoms with Crippen LogP contribution in [0.3, 0.4) is 0 Å². The van der Waals surface area contributed by atoms with E-state index in [9.17, 15) is 8.42 Å². The summed E-state index contributed by atoms with van der Waals surface area (Å²) >= 11 is 0.945. The van der Waals surface area contributed by atoms with E-state index in [4.69, 9.17) is 8.89 Å². The molecule has 1 aromatic carbocycles. The van der Waals surface area contributed by atoms with E-state index in [0.29, 0.717) is 10.7 Å². The van der Waals surface area contributed by atoms with Gasteiger partial charge < -0.3 is 0 Å². The van der Waals surface area contributed by atoms with Crippen molar-refractivity contribution in [2.24, 2.45) is 0 Å². The Morgan fingerprint density at radius 1 is 1.33 bits per heavy atom. The lowest BCUT2D eigenvalue weighted by atomic mass is 10.3. The minimum absolute atomic E-state index is 0.181. The van der Waals surface area contributed by atoms with Crippen molar-refractivity contribution in [2.45, 2.75) is 16.8 Å². The van der Waals surface area contributed by atoms with Gasteiger partial charge in [0.25, 0.3) is 10.1 Å². The van der Waals surface area contributed by atoms with Gasteiger partial charge in [0, 0.05) is 7.05 Å². The Hall–Kier alpha value is -1.43. The largest absolute Gasteiger partial charge is 0.294 e. The third kappa shape index (κ3) is 4.03. The van der Waals surface area contributed by atoms with E-state index in [0.717, 1.165) is 17.7 Å². The van der Waals surface area contributed by atoms with E-state index in [1.807, 2.05) is 6.92 Å². The monoisotopic (exact) mass is 331 g/mol. The first kappa shape index (κ1) is 15.9. The minimum atomic E-state index is -4.21. The fraction of sp³-hybridized carbons (Fsp3) is 0.182. The molecule has 0 atom stereocenters. The van der Waals surface area contributed by atoms with Crippen LogP contribution in [-0.2, 0) is 19.4 Å². The highest BCUT2D eigenvalue weighted by Gasteiger charge is 2.12. The Labute approximate surface area is 125 Å². The zero-order valence-corrected chi connectivity index (χ0v) is 12.8. The van der Waals surface area contributed by atoms with Crippen LogP contribution in [0.4, 0.5) is 0 Å². The van der Waals surface area contributed by atoms with Crippen LogP contribution >= 0.6 is 12.0 Å². The van der Waals surface area contributed by atoms with Gasteiger partial charge in [0.05, 0.1) is 28.3 Å². The summed E-state index contributed by atoms with van der Waals surface area (Å²) in [5.74, 6) is 0. The van der Waals surface area contributed by atoms with Crippen molar-refractivity contribution in [3.8, 4) is 5.69 Å². The molecule has 0 bridgehead atoms. The molecule has 0 aliphatic carbocycles. The lowest BCUT2D eigenvalue weighted by Crippen LogP contribution is -2.05. The molecule has 2 aromatic rings. The first-order valence-electron chi connectivity index (χ1n) is 5.73. The summed E-state index contributed by atoms with van der Waals surface area (Å²) in [5.41, 5.74) is 3.73. The van der Waals surface area contributed by atoms with Gasteiger partial charge in [-0.05, 0) is 37.3 Å². The van der Waals surface area contributed by atoms with E-state index in [-0.39, 0.29) is 4.90 Å². The number of nitrogens with one attached hydrogen (secondary N) is 1. The summed E-state index contributed by atoms with van der Waals surface area (Å²) < 4.78 is 37.4. The van der Waals surface area contributed by atoms with Gasteiger partial charge in [-0.1, -0.05) is 0 Å². The van der Waals surface area contributed by atoms with Crippen molar-refractivity contribution >= 4 is 22.2 Å². The van der Waals surface area contributed by atoms with E-state index >= 15 is 0 Å². The molecule has 0 radical (unpaired) electrons. The topological polar surface area (TPSA) is 103 Å². The third-order valence-corrected chi connectivity index (χ3v) is 3.88. The Kier molecular flexibility index (Phi) is 4.98. The summed E-state index contributed by atoms with van der Waals surface area (Å²) in [6.45, 7) is 1.81. The summed E-state index contributed by atoms with van der Waals surface area (Å²) in [4.78, 5) is 4.38. The van der Waals surface area contributed by atoms with Crippen molar-refractivity contribution in [1.82, 2.24) is 15.3 Å². The second kappa shape index (κ2) is 6.56. The van der Waals surface area contributed by atoms with Crippen LogP contribution in [0, 0.1) is 6.92 Å². The zero-order chi connectivity index (χ0) is 15.5. The van der Waals surface area contributed by atoms with Crippen molar-refractivity contribution in [2.75, 3.05) is 7.05 Å². The molecule has 10 heteroatoms. The van der Waals surface area contributed by atoms with Crippen molar-refractivity contribution in [3.05, 3.63) is 36.0 Å². The SMILES string of the molecule is CNOOSc1cc(C)nn1-c1ccc(S(=O)(=O)O)cc1. The smallest absolute Gasteiger partial charge is 0.282 e. The molecule has 0 saturated carbocycles. The van der Waals surface area contributed by atoms with E-state index in [1.165, 1.54) is 24.3 Å². The van der Waals surface area contributed by atoms with Crippen molar-refractivity contribution in [1.29, 1.82) is 0 Å². The van der Waals surface area contributed by atoms with Crippen LogP contribution in [0.15, 0.2) is 40.3 Å². The number of nitrogens with zero attached hydrogens (tertiary/aromatic N) is 2. The molecule has 2 rings (SSSR count). The molecule has 0 amide bonds. The van der Waals surface area contributed by atoms with Gasteiger partial charge in [-0.25, -0.2) is 4.68 Å². The van der Waals surface area contributed by atoms with Crippen LogP contribution < -0.4 is 5.48 Å². The molecule has 0 fully saturated rings. The highest BCUT2D eigenvalue weighted by molar-refractivity contribution is 7.94. The standard InChI is InChI=1S/C11H13N3O5S2/c1-8-7-11(20-19-18-12-2)14(13-8)9-3-5-10(6-4-9)21(15,16)17/h3-7,12H,1-2H3,(H,15,16,17). The molecular formula is C11H13N3O5S2. The average Bonchev–Trinajstić information content (AvgIpc) is 2.79. The van der Waals surface area contributed by atoms with Crippen LogP contribution in [0.1, 0.15) is 5.69 Å². The molecular weight excluding hydrogens is 318 g/mol. The van der Waals surface area contributed by atoms with Crippen LogP contribution in [0.25, 0.3) is 5.69 Å². The second-order valence-corrected chi connectivity index (χ2v) is 6.09. The summed E-state index contributed by atoms with van der Waals surface area (Å²) in [5, 5.41) is 4.92. The first-order chi connectivity index (χ1) is 9.91. The summed E-state index contributed by atoms with van der Waals surface area (Å²) in [6.07, 6.45) is 0. The minimum Gasteiger partial charge on any atom is -0.282 e. The lowest BCUT2D eigenvalue weighted by molar-refractivity contribution is -0.238. The van der Waals surface area contributed by atoms with Gasteiger partial charge >= 0.3 is 0 Å². The predicted octanol–water partition coefficient (Wildman–Crippen LogP) is 1.52. The van der Waals surface area contributed by atoms with E-state index in [1.54, 1.807) is 17.8 Å². The second-order valence-electron chi connectivity index (χ2n) is 3.94. The average molecular weight is 331 g/mol. The maximum absolute atomic E-state index is 11.0. The summed E-state index contributed by atoms with van der Waals surface area (Å²) in [6, 6.07) is 7.42. The Bertz CT molecular complexity index is 712. The number of benzene rings is 1. The molecule has 0 saturated heterocycles. The number of hydrogen-bond donors (Lipinski definition) is 2. The maximum atomic E-state index is 11.0. The van der Waals surface area contributed by atoms with Crippen molar-refractivity contribution < 1.29 is 22.3 Å². The third-order valence-electron chi connectivity index (χ3n) is 2.41. The van der Waals surface area contributed by atoms with Gasteiger partial charge in [-0.2, -0.15) is 19.0 Å². The molecule has 0 aliphatic rings. The Morgan fingerprint density at radius 2 is 2.00 bits per heavy atom. The Morgan fingerprint density at radius 3 is 2.57 bits per heavy atom. The normalized spacial score (nSPS) is 11.8. The molecule has 8 nitrogen and oxygen atoms in total. The van der Waals surface area contributed by atoms with Crippen LogP contribution in [-0.4, -0.2) is 29.8 Å². The van der Waals surface area contributed by atoms with Gasteiger partial charge in [0.2, 0.25) is 0 Å². The van der Waals surface area contributed by atoms with Gasteiger partial charge in [-0.3, -0.25) is 4.55 Å². The highest BCUT2D eigenvalue weighted by Crippen LogP contribution is 2.24. The number of hydrogen-bond acceptors (Lipinski definition) is 7. The van der Waals surface area contributed by atoms with Crippen LogP contribution in [0.2, 0.25) is 0 Å². The molecule has 1 heterocycles. The highest BCUT2D eigenvalue weighted by atomic mass is 32.2. The number of aromatic nitrogens is 2. The maximum Gasteiger partial charge on any atom is 0.294 e. The molecule has 0 aliphatic heterocycles. The van der Waals surface area contributed by atoms with Gasteiger partial charge in [-0.15, -0.1) is 9.32 Å². The fourth-order valence-corrected chi connectivity index (χ4v) is 2.65. The molecule has 0 unspecified atom stereocenters.